The van der Waals surface area contributed by atoms with Gasteiger partial charge in [-0.2, -0.15) is 0 Å². The van der Waals surface area contributed by atoms with E-state index >= 15 is 0 Å². The molecule has 0 aliphatic heterocycles. The molecule has 2 aromatic rings. The highest BCUT2D eigenvalue weighted by molar-refractivity contribution is 6.30. The van der Waals surface area contributed by atoms with Crippen molar-refractivity contribution in [2.24, 2.45) is 0 Å². The lowest BCUT2D eigenvalue weighted by atomic mass is 9.98. The fourth-order valence-corrected chi connectivity index (χ4v) is 2.08. The molecule has 94 valence electrons. The van der Waals surface area contributed by atoms with Crippen LogP contribution >= 0.6 is 11.6 Å². The van der Waals surface area contributed by atoms with E-state index in [0.717, 1.165) is 0 Å². The summed E-state index contributed by atoms with van der Waals surface area (Å²) in [5, 5.41) is 3.31. The van der Waals surface area contributed by atoms with Crippen molar-refractivity contribution in [3.63, 3.8) is 0 Å². The molecule has 2 aromatic carbocycles. The highest BCUT2D eigenvalue weighted by Gasteiger charge is 2.16. The van der Waals surface area contributed by atoms with Crippen molar-refractivity contribution in [3.05, 3.63) is 70.2 Å². The predicted molar refractivity (Wildman–Crippen MR) is 68.7 cm³/mol. The Labute approximate surface area is 109 Å². The normalized spacial score (nSPS) is 12.4. The summed E-state index contributed by atoms with van der Waals surface area (Å²) < 4.78 is 27.1. The molecule has 2 rings (SSSR count). The average molecular weight is 268 g/mol. The SMILES string of the molecule is CNC(c1cccc(F)c1)c1ccc(Cl)cc1F. The first kappa shape index (κ1) is 13.0. The third-order valence-corrected chi connectivity index (χ3v) is 2.98. The van der Waals surface area contributed by atoms with E-state index in [0.29, 0.717) is 16.1 Å². The van der Waals surface area contributed by atoms with Gasteiger partial charge in [-0.05, 0) is 36.9 Å². The summed E-state index contributed by atoms with van der Waals surface area (Å²) in [6.45, 7) is 0. The first-order valence-corrected chi connectivity index (χ1v) is 5.87. The minimum atomic E-state index is -0.411. The Morgan fingerprint density at radius 1 is 1.11 bits per heavy atom. The maximum atomic E-state index is 13.9. The van der Waals surface area contributed by atoms with Crippen LogP contribution in [0.4, 0.5) is 8.78 Å². The summed E-state index contributed by atoms with van der Waals surface area (Å²) in [5.74, 6) is -0.756. The van der Waals surface area contributed by atoms with E-state index in [1.54, 1.807) is 31.3 Å². The number of benzene rings is 2. The fourth-order valence-electron chi connectivity index (χ4n) is 1.92. The molecular formula is C14H12ClF2N. The lowest BCUT2D eigenvalue weighted by Gasteiger charge is -2.18. The van der Waals surface area contributed by atoms with Crippen LogP contribution in [0.2, 0.25) is 5.02 Å². The largest absolute Gasteiger partial charge is 0.309 e. The van der Waals surface area contributed by atoms with Gasteiger partial charge in [0, 0.05) is 10.6 Å². The van der Waals surface area contributed by atoms with E-state index in [4.69, 9.17) is 11.6 Å². The summed E-state index contributed by atoms with van der Waals surface area (Å²) >= 11 is 5.72. The van der Waals surface area contributed by atoms with Crippen molar-refractivity contribution in [1.29, 1.82) is 0 Å². The molecule has 0 saturated carbocycles. The molecule has 0 aromatic heterocycles. The Morgan fingerprint density at radius 3 is 2.50 bits per heavy atom. The van der Waals surface area contributed by atoms with Gasteiger partial charge in [-0.1, -0.05) is 29.8 Å². The van der Waals surface area contributed by atoms with Crippen molar-refractivity contribution in [3.8, 4) is 0 Å². The van der Waals surface area contributed by atoms with E-state index < -0.39 is 11.9 Å². The highest BCUT2D eigenvalue weighted by atomic mass is 35.5. The van der Waals surface area contributed by atoms with Gasteiger partial charge < -0.3 is 5.32 Å². The van der Waals surface area contributed by atoms with E-state index in [9.17, 15) is 8.78 Å². The quantitative estimate of drug-likeness (QED) is 0.889. The molecule has 1 nitrogen and oxygen atoms in total. The first-order chi connectivity index (χ1) is 8.61. The molecule has 1 atom stereocenters. The van der Waals surface area contributed by atoms with E-state index in [1.165, 1.54) is 18.2 Å². The summed E-state index contributed by atoms with van der Waals surface area (Å²) in [5.41, 5.74) is 1.10. The van der Waals surface area contributed by atoms with Gasteiger partial charge in [-0.15, -0.1) is 0 Å². The number of rotatable bonds is 3. The number of halogens is 3. The molecule has 0 aliphatic rings. The Morgan fingerprint density at radius 2 is 1.89 bits per heavy atom. The minimum Gasteiger partial charge on any atom is -0.309 e. The molecule has 0 radical (unpaired) electrons. The van der Waals surface area contributed by atoms with E-state index in [1.807, 2.05) is 0 Å². The first-order valence-electron chi connectivity index (χ1n) is 5.49. The van der Waals surface area contributed by atoms with Gasteiger partial charge in [-0.25, -0.2) is 8.78 Å². The molecule has 0 bridgehead atoms. The fraction of sp³-hybridized carbons (Fsp3) is 0.143. The Balaban J connectivity index is 2.45. The lowest BCUT2D eigenvalue weighted by Crippen LogP contribution is -2.19. The van der Waals surface area contributed by atoms with E-state index in [2.05, 4.69) is 5.32 Å². The second-order valence-corrected chi connectivity index (χ2v) is 4.38. The van der Waals surface area contributed by atoms with Crippen molar-refractivity contribution in [2.75, 3.05) is 7.05 Å². The maximum absolute atomic E-state index is 13.9. The predicted octanol–water partition coefficient (Wildman–Crippen LogP) is 3.93. The zero-order chi connectivity index (χ0) is 13.1. The van der Waals surface area contributed by atoms with Crippen molar-refractivity contribution in [1.82, 2.24) is 5.32 Å². The Hall–Kier alpha value is -1.45. The molecule has 0 saturated heterocycles. The van der Waals surface area contributed by atoms with Gasteiger partial charge >= 0.3 is 0 Å². The monoisotopic (exact) mass is 267 g/mol. The van der Waals surface area contributed by atoms with Gasteiger partial charge in [0.15, 0.2) is 0 Å². The zero-order valence-corrected chi connectivity index (χ0v) is 10.5. The lowest BCUT2D eigenvalue weighted by molar-refractivity contribution is 0.571. The van der Waals surface area contributed by atoms with Gasteiger partial charge in [0.05, 0.1) is 6.04 Å². The molecule has 4 heteroatoms. The molecule has 0 fully saturated rings. The number of nitrogens with one attached hydrogen (secondary N) is 1. The molecule has 0 heterocycles. The third kappa shape index (κ3) is 2.68. The average Bonchev–Trinajstić information content (AvgIpc) is 2.33. The van der Waals surface area contributed by atoms with Crippen LogP contribution in [-0.2, 0) is 0 Å². The molecule has 0 amide bonds. The van der Waals surface area contributed by atoms with Crippen LogP contribution in [0.15, 0.2) is 42.5 Å². The summed E-state index contributed by atoms with van der Waals surface area (Å²) in [6.07, 6.45) is 0. The van der Waals surface area contributed by atoms with Crippen LogP contribution in [0, 0.1) is 11.6 Å². The summed E-state index contributed by atoms with van der Waals surface area (Å²) in [4.78, 5) is 0. The van der Waals surface area contributed by atoms with Crippen LogP contribution in [0.25, 0.3) is 0 Å². The topological polar surface area (TPSA) is 12.0 Å². The second-order valence-electron chi connectivity index (χ2n) is 3.94. The minimum absolute atomic E-state index is 0.338. The number of hydrogen-bond acceptors (Lipinski definition) is 1. The second kappa shape index (κ2) is 5.46. The van der Waals surface area contributed by atoms with Gasteiger partial charge in [0.1, 0.15) is 11.6 Å². The highest BCUT2D eigenvalue weighted by Crippen LogP contribution is 2.26. The summed E-state index contributed by atoms with van der Waals surface area (Å²) in [7, 11) is 1.70. The molecule has 1 unspecified atom stereocenters. The molecule has 0 spiro atoms. The van der Waals surface area contributed by atoms with Crippen LogP contribution in [0.1, 0.15) is 17.2 Å². The zero-order valence-electron chi connectivity index (χ0n) is 9.75. The van der Waals surface area contributed by atoms with Gasteiger partial charge in [-0.3, -0.25) is 0 Å². The van der Waals surface area contributed by atoms with Gasteiger partial charge in [0.25, 0.3) is 0 Å². The van der Waals surface area contributed by atoms with Gasteiger partial charge in [0.2, 0.25) is 0 Å². The molecule has 1 N–H and O–H groups in total. The van der Waals surface area contributed by atoms with Crippen LogP contribution in [0.3, 0.4) is 0 Å². The number of hydrogen-bond donors (Lipinski definition) is 1. The van der Waals surface area contributed by atoms with Crippen LogP contribution < -0.4 is 5.32 Å². The molecule has 18 heavy (non-hydrogen) atoms. The smallest absolute Gasteiger partial charge is 0.129 e. The standard InChI is InChI=1S/C14H12ClF2N/c1-18-14(9-3-2-4-11(16)7-9)12-6-5-10(15)8-13(12)17/h2-8,14,18H,1H3. The van der Waals surface area contributed by atoms with Crippen LogP contribution in [-0.4, -0.2) is 7.05 Å². The van der Waals surface area contributed by atoms with Crippen molar-refractivity contribution in [2.45, 2.75) is 6.04 Å². The maximum Gasteiger partial charge on any atom is 0.129 e. The Kier molecular flexibility index (Phi) is 3.94. The third-order valence-electron chi connectivity index (χ3n) is 2.74. The van der Waals surface area contributed by atoms with Crippen molar-refractivity contribution < 1.29 is 8.78 Å². The Bertz CT molecular complexity index is 557. The van der Waals surface area contributed by atoms with Crippen molar-refractivity contribution >= 4 is 11.6 Å². The van der Waals surface area contributed by atoms with E-state index in [-0.39, 0.29) is 5.82 Å². The molecule has 0 aliphatic carbocycles. The molecular weight excluding hydrogens is 256 g/mol. The van der Waals surface area contributed by atoms with Crippen LogP contribution in [0.5, 0.6) is 0 Å². The summed E-state index contributed by atoms with van der Waals surface area (Å²) in [6, 6.07) is 10.1.